The van der Waals surface area contributed by atoms with Crippen LogP contribution in [0.4, 0.5) is 5.95 Å². The Hall–Kier alpha value is -1.14. The molecule has 0 atom stereocenters. The van der Waals surface area contributed by atoms with Crippen LogP contribution in [0.1, 0.15) is 27.7 Å². The van der Waals surface area contributed by atoms with E-state index in [0.29, 0.717) is 24.6 Å². The van der Waals surface area contributed by atoms with Crippen LogP contribution in [-0.2, 0) is 0 Å². The fourth-order valence-corrected chi connectivity index (χ4v) is 2.02. The molecular formula is C12H22ClN5O. The molecule has 0 fully saturated rings. The second kappa shape index (κ2) is 7.45. The maximum atomic E-state index is 5.78. The van der Waals surface area contributed by atoms with Crippen LogP contribution in [0.25, 0.3) is 0 Å². The van der Waals surface area contributed by atoms with Gasteiger partial charge >= 0.3 is 6.01 Å². The summed E-state index contributed by atoms with van der Waals surface area (Å²) in [5, 5.41) is 2.93. The van der Waals surface area contributed by atoms with Crippen molar-refractivity contribution in [2.45, 2.75) is 39.8 Å². The second-order valence-electron chi connectivity index (χ2n) is 4.73. The zero-order chi connectivity index (χ0) is 14.4. The number of halogens is 1. The molecule has 0 aromatic carbocycles. The predicted molar refractivity (Wildman–Crippen MR) is 76.9 cm³/mol. The minimum Gasteiger partial charge on any atom is -0.462 e. The Morgan fingerprint density at radius 3 is 2.32 bits per heavy atom. The van der Waals surface area contributed by atoms with Gasteiger partial charge in [-0.2, -0.15) is 15.0 Å². The minimum absolute atomic E-state index is 0.124. The quantitative estimate of drug-likeness (QED) is 0.828. The van der Waals surface area contributed by atoms with Gasteiger partial charge in [0.1, 0.15) is 6.61 Å². The first-order valence-electron chi connectivity index (χ1n) is 6.42. The molecule has 0 radical (unpaired) electrons. The average Bonchev–Trinajstić information content (AvgIpc) is 2.32. The fourth-order valence-electron chi connectivity index (χ4n) is 1.86. The first-order chi connectivity index (χ1) is 8.93. The van der Waals surface area contributed by atoms with Crippen molar-refractivity contribution in [1.82, 2.24) is 19.9 Å². The van der Waals surface area contributed by atoms with Crippen molar-refractivity contribution in [3.8, 4) is 6.01 Å². The van der Waals surface area contributed by atoms with Crippen molar-refractivity contribution in [2.75, 3.05) is 25.5 Å². The lowest BCUT2D eigenvalue weighted by Gasteiger charge is -2.30. The molecular weight excluding hydrogens is 266 g/mol. The SMILES string of the molecule is CNc1nc(Cl)nc(OCCN(C(C)C)C(C)C)n1. The molecule has 108 valence electrons. The Morgan fingerprint density at radius 2 is 1.79 bits per heavy atom. The van der Waals surface area contributed by atoms with E-state index in [1.807, 2.05) is 0 Å². The van der Waals surface area contributed by atoms with E-state index in [1.54, 1.807) is 7.05 Å². The van der Waals surface area contributed by atoms with Gasteiger partial charge in [-0.05, 0) is 39.3 Å². The molecule has 0 aliphatic carbocycles. The number of hydrogen-bond donors (Lipinski definition) is 1. The van der Waals surface area contributed by atoms with Crippen LogP contribution in [-0.4, -0.2) is 52.1 Å². The van der Waals surface area contributed by atoms with E-state index in [-0.39, 0.29) is 11.3 Å². The van der Waals surface area contributed by atoms with E-state index in [9.17, 15) is 0 Å². The Morgan fingerprint density at radius 1 is 1.16 bits per heavy atom. The van der Waals surface area contributed by atoms with E-state index in [1.165, 1.54) is 0 Å². The number of rotatable bonds is 7. The largest absolute Gasteiger partial charge is 0.462 e. The van der Waals surface area contributed by atoms with Gasteiger partial charge in [-0.25, -0.2) is 0 Å². The maximum Gasteiger partial charge on any atom is 0.322 e. The Kier molecular flexibility index (Phi) is 6.24. The number of ether oxygens (including phenoxy) is 1. The molecule has 1 aromatic heterocycles. The molecule has 0 spiro atoms. The smallest absolute Gasteiger partial charge is 0.322 e. The van der Waals surface area contributed by atoms with Gasteiger partial charge in [0.25, 0.3) is 0 Å². The molecule has 0 aliphatic rings. The van der Waals surface area contributed by atoms with Crippen LogP contribution in [0.15, 0.2) is 0 Å². The molecule has 0 amide bonds. The highest BCUT2D eigenvalue weighted by molar-refractivity contribution is 6.28. The normalized spacial score (nSPS) is 11.4. The second-order valence-corrected chi connectivity index (χ2v) is 5.07. The predicted octanol–water partition coefficient (Wildman–Crippen LogP) is 2.06. The molecule has 1 aromatic rings. The first kappa shape index (κ1) is 15.9. The summed E-state index contributed by atoms with van der Waals surface area (Å²) < 4.78 is 5.53. The zero-order valence-corrected chi connectivity index (χ0v) is 12.9. The van der Waals surface area contributed by atoms with E-state index < -0.39 is 0 Å². The topological polar surface area (TPSA) is 63.2 Å². The molecule has 0 unspecified atom stereocenters. The molecule has 19 heavy (non-hydrogen) atoms. The highest BCUT2D eigenvalue weighted by atomic mass is 35.5. The third-order valence-corrected chi connectivity index (χ3v) is 2.89. The van der Waals surface area contributed by atoms with Crippen LogP contribution < -0.4 is 10.1 Å². The summed E-state index contributed by atoms with van der Waals surface area (Å²) in [5.41, 5.74) is 0. The van der Waals surface area contributed by atoms with E-state index in [4.69, 9.17) is 16.3 Å². The van der Waals surface area contributed by atoms with Crippen LogP contribution in [0.2, 0.25) is 5.28 Å². The lowest BCUT2D eigenvalue weighted by atomic mass is 10.2. The molecule has 0 saturated carbocycles. The molecule has 1 heterocycles. The van der Waals surface area contributed by atoms with Crippen LogP contribution in [0, 0.1) is 0 Å². The summed E-state index contributed by atoms with van der Waals surface area (Å²) >= 11 is 5.78. The lowest BCUT2D eigenvalue weighted by molar-refractivity contribution is 0.138. The van der Waals surface area contributed by atoms with Crippen LogP contribution >= 0.6 is 11.6 Å². The van der Waals surface area contributed by atoms with Crippen molar-refractivity contribution < 1.29 is 4.74 Å². The summed E-state index contributed by atoms with van der Waals surface area (Å²) in [7, 11) is 1.72. The standard InChI is InChI=1S/C12H22ClN5O/c1-8(2)18(9(3)4)6-7-19-12-16-10(13)15-11(14-5)17-12/h8-9H,6-7H2,1-5H3,(H,14,15,16,17). The van der Waals surface area contributed by atoms with Crippen LogP contribution in [0.5, 0.6) is 6.01 Å². The highest BCUT2D eigenvalue weighted by Crippen LogP contribution is 2.11. The van der Waals surface area contributed by atoms with Gasteiger partial charge in [-0.15, -0.1) is 0 Å². The Balaban J connectivity index is 2.55. The molecule has 1 rings (SSSR count). The van der Waals surface area contributed by atoms with Crippen molar-refractivity contribution in [2.24, 2.45) is 0 Å². The monoisotopic (exact) mass is 287 g/mol. The number of aromatic nitrogens is 3. The van der Waals surface area contributed by atoms with Gasteiger partial charge in [-0.3, -0.25) is 4.90 Å². The summed E-state index contributed by atoms with van der Waals surface area (Å²) in [4.78, 5) is 14.2. The molecule has 6 nitrogen and oxygen atoms in total. The summed E-state index contributed by atoms with van der Waals surface area (Å²) in [6.45, 7) is 9.99. The van der Waals surface area contributed by atoms with Gasteiger partial charge in [0.05, 0.1) is 0 Å². The van der Waals surface area contributed by atoms with Gasteiger partial charge in [-0.1, -0.05) is 0 Å². The van der Waals surface area contributed by atoms with Gasteiger partial charge in [0.2, 0.25) is 11.2 Å². The average molecular weight is 288 g/mol. The minimum atomic E-state index is 0.124. The molecule has 0 bridgehead atoms. The van der Waals surface area contributed by atoms with Gasteiger partial charge in [0.15, 0.2) is 0 Å². The Labute approximate surface area is 119 Å². The fraction of sp³-hybridized carbons (Fsp3) is 0.750. The van der Waals surface area contributed by atoms with Crippen LogP contribution in [0.3, 0.4) is 0 Å². The molecule has 0 aliphatic heterocycles. The zero-order valence-electron chi connectivity index (χ0n) is 12.1. The summed E-state index contributed by atoms with van der Waals surface area (Å²) in [5.74, 6) is 0.402. The van der Waals surface area contributed by atoms with E-state index in [2.05, 4.69) is 52.9 Å². The number of anilines is 1. The Bertz CT molecular complexity index is 392. The van der Waals surface area contributed by atoms with Gasteiger partial charge < -0.3 is 10.1 Å². The molecule has 1 N–H and O–H groups in total. The maximum absolute atomic E-state index is 5.78. The third kappa shape index (κ3) is 5.16. The van der Waals surface area contributed by atoms with E-state index >= 15 is 0 Å². The van der Waals surface area contributed by atoms with Crippen molar-refractivity contribution in [3.05, 3.63) is 5.28 Å². The number of nitrogens with zero attached hydrogens (tertiary/aromatic N) is 4. The van der Waals surface area contributed by atoms with Gasteiger partial charge in [0, 0.05) is 25.7 Å². The first-order valence-corrected chi connectivity index (χ1v) is 6.79. The van der Waals surface area contributed by atoms with Crippen molar-refractivity contribution in [1.29, 1.82) is 0 Å². The number of nitrogens with one attached hydrogen (secondary N) is 1. The molecule has 0 saturated heterocycles. The lowest BCUT2D eigenvalue weighted by Crippen LogP contribution is -2.39. The molecule has 7 heteroatoms. The number of hydrogen-bond acceptors (Lipinski definition) is 6. The summed E-state index contributed by atoms with van der Waals surface area (Å²) in [6, 6.07) is 1.19. The third-order valence-electron chi connectivity index (χ3n) is 2.72. The van der Waals surface area contributed by atoms with Crippen molar-refractivity contribution in [3.63, 3.8) is 0 Å². The van der Waals surface area contributed by atoms with Crippen molar-refractivity contribution >= 4 is 17.5 Å². The summed E-state index contributed by atoms with van der Waals surface area (Å²) in [6.07, 6.45) is 0. The van der Waals surface area contributed by atoms with E-state index in [0.717, 1.165) is 6.54 Å². The highest BCUT2D eigenvalue weighted by Gasteiger charge is 2.13.